The average molecular weight is 384 g/mol. The molecule has 2 aromatic carbocycles. The fraction of sp³-hybridized carbons (Fsp3) is 0.250. The number of amides is 1. The van der Waals surface area contributed by atoms with Crippen LogP contribution in [0.2, 0.25) is 5.02 Å². The van der Waals surface area contributed by atoms with Crippen LogP contribution in [0.15, 0.2) is 59.1 Å². The van der Waals surface area contributed by atoms with Crippen LogP contribution in [0.4, 0.5) is 0 Å². The summed E-state index contributed by atoms with van der Waals surface area (Å²) in [6.07, 6.45) is 1.76. The summed E-state index contributed by atoms with van der Waals surface area (Å²) in [5, 5.41) is 4.51. The molecule has 4 rings (SSSR count). The number of para-hydroxylation sites is 1. The lowest BCUT2D eigenvalue weighted by Crippen LogP contribution is -2.39. The Bertz CT molecular complexity index is 912. The van der Waals surface area contributed by atoms with Gasteiger partial charge in [-0.05, 0) is 54.4 Å². The minimum Gasteiger partial charge on any atom is -0.422 e. The second-order valence-electron chi connectivity index (χ2n) is 6.43. The molecule has 6 nitrogen and oxygen atoms in total. The number of carbonyl (C=O) groups is 1. The van der Waals surface area contributed by atoms with Crippen molar-refractivity contribution in [2.75, 3.05) is 13.1 Å². The Hall–Kier alpha value is -2.86. The lowest BCUT2D eigenvalue weighted by molar-refractivity contribution is 0.0695. The zero-order valence-corrected chi connectivity index (χ0v) is 15.3. The van der Waals surface area contributed by atoms with Crippen molar-refractivity contribution in [2.24, 2.45) is 0 Å². The Morgan fingerprint density at radius 1 is 1.15 bits per heavy atom. The van der Waals surface area contributed by atoms with E-state index in [1.807, 2.05) is 35.2 Å². The van der Waals surface area contributed by atoms with E-state index >= 15 is 0 Å². The summed E-state index contributed by atoms with van der Waals surface area (Å²) in [6.45, 7) is 1.24. The minimum atomic E-state index is -0.0170. The SMILES string of the molecule is O=C(c1ccc(Cl)cc1)N1CCC[C@H](c2nc(Oc3ccccc3)no2)C1. The molecule has 1 aromatic heterocycles. The first kappa shape index (κ1) is 17.5. The number of likely N-dealkylation sites (tertiary alicyclic amines) is 1. The van der Waals surface area contributed by atoms with Gasteiger partial charge in [0.25, 0.3) is 5.91 Å². The van der Waals surface area contributed by atoms with Gasteiger partial charge in [0.1, 0.15) is 5.75 Å². The monoisotopic (exact) mass is 383 g/mol. The molecule has 1 amide bonds. The molecule has 27 heavy (non-hydrogen) atoms. The Morgan fingerprint density at radius 2 is 1.93 bits per heavy atom. The normalized spacial score (nSPS) is 16.9. The molecule has 0 bridgehead atoms. The summed E-state index contributed by atoms with van der Waals surface area (Å²) in [7, 11) is 0. The molecule has 138 valence electrons. The van der Waals surface area contributed by atoms with Gasteiger partial charge in [-0.1, -0.05) is 29.8 Å². The molecule has 0 N–H and O–H groups in total. The highest BCUT2D eigenvalue weighted by molar-refractivity contribution is 6.30. The van der Waals surface area contributed by atoms with E-state index in [-0.39, 0.29) is 17.8 Å². The summed E-state index contributed by atoms with van der Waals surface area (Å²) in [5.41, 5.74) is 0.624. The van der Waals surface area contributed by atoms with Crippen LogP contribution in [0.5, 0.6) is 11.8 Å². The molecule has 0 radical (unpaired) electrons. The molecule has 7 heteroatoms. The maximum atomic E-state index is 12.7. The number of aromatic nitrogens is 2. The highest BCUT2D eigenvalue weighted by Crippen LogP contribution is 2.28. The molecule has 1 atom stereocenters. The van der Waals surface area contributed by atoms with Gasteiger partial charge in [-0.2, -0.15) is 4.98 Å². The number of hydrogen-bond acceptors (Lipinski definition) is 5. The van der Waals surface area contributed by atoms with Crippen molar-refractivity contribution in [1.29, 1.82) is 0 Å². The van der Waals surface area contributed by atoms with Crippen molar-refractivity contribution in [3.05, 3.63) is 71.1 Å². The molecule has 2 heterocycles. The van der Waals surface area contributed by atoms with E-state index < -0.39 is 0 Å². The van der Waals surface area contributed by atoms with E-state index in [4.69, 9.17) is 20.9 Å². The Labute approximate surface area is 161 Å². The van der Waals surface area contributed by atoms with E-state index in [9.17, 15) is 4.79 Å². The third-order valence-electron chi connectivity index (χ3n) is 4.52. The zero-order chi connectivity index (χ0) is 18.6. The number of carbonyl (C=O) groups excluding carboxylic acids is 1. The third-order valence-corrected chi connectivity index (χ3v) is 4.78. The standard InChI is InChI=1S/C20H18ClN3O3/c21-16-10-8-14(9-11-16)19(25)24-12-4-5-15(13-24)18-22-20(23-27-18)26-17-6-2-1-3-7-17/h1-3,6-11,15H,4-5,12-13H2/t15-/m0/s1. The van der Waals surface area contributed by atoms with Gasteiger partial charge in [-0.15, -0.1) is 0 Å². The molecule has 0 unspecified atom stereocenters. The van der Waals surface area contributed by atoms with Crippen LogP contribution in [0.3, 0.4) is 0 Å². The van der Waals surface area contributed by atoms with Crippen LogP contribution < -0.4 is 4.74 Å². The molecule has 3 aromatic rings. The van der Waals surface area contributed by atoms with Gasteiger partial charge in [0.15, 0.2) is 0 Å². The average Bonchev–Trinajstić information content (AvgIpc) is 3.17. The van der Waals surface area contributed by atoms with Crippen molar-refractivity contribution in [2.45, 2.75) is 18.8 Å². The number of rotatable bonds is 4. The maximum Gasteiger partial charge on any atom is 0.359 e. The first-order chi connectivity index (χ1) is 13.2. The Kier molecular flexibility index (Phi) is 5.07. The summed E-state index contributed by atoms with van der Waals surface area (Å²) in [4.78, 5) is 18.9. The maximum absolute atomic E-state index is 12.7. The van der Waals surface area contributed by atoms with E-state index in [1.165, 1.54) is 0 Å². The first-order valence-corrected chi connectivity index (χ1v) is 9.18. The van der Waals surface area contributed by atoms with E-state index in [0.717, 1.165) is 12.8 Å². The summed E-state index contributed by atoms with van der Waals surface area (Å²) in [5.74, 6) is 1.12. The molecule has 1 aliphatic rings. The van der Waals surface area contributed by atoms with Gasteiger partial charge >= 0.3 is 6.01 Å². The molecular formula is C20H18ClN3O3. The summed E-state index contributed by atoms with van der Waals surface area (Å²) in [6, 6.07) is 16.4. The third kappa shape index (κ3) is 4.11. The number of halogens is 1. The summed E-state index contributed by atoms with van der Waals surface area (Å²) >= 11 is 5.90. The molecule has 0 aliphatic carbocycles. The van der Waals surface area contributed by atoms with Crippen molar-refractivity contribution >= 4 is 17.5 Å². The van der Waals surface area contributed by atoms with Crippen molar-refractivity contribution in [1.82, 2.24) is 15.0 Å². The second kappa shape index (κ2) is 7.80. The lowest BCUT2D eigenvalue weighted by atomic mass is 9.97. The molecule has 0 spiro atoms. The number of ether oxygens (including phenoxy) is 1. The van der Waals surface area contributed by atoms with Gasteiger partial charge in [0.2, 0.25) is 5.89 Å². The second-order valence-corrected chi connectivity index (χ2v) is 6.86. The van der Waals surface area contributed by atoms with E-state index in [1.54, 1.807) is 24.3 Å². The number of nitrogens with zero attached hydrogens (tertiary/aromatic N) is 3. The highest BCUT2D eigenvalue weighted by atomic mass is 35.5. The van der Waals surface area contributed by atoms with E-state index in [2.05, 4.69) is 10.1 Å². The van der Waals surface area contributed by atoms with Gasteiger partial charge in [0, 0.05) is 23.7 Å². The van der Waals surface area contributed by atoms with E-state index in [0.29, 0.717) is 35.3 Å². The predicted molar refractivity (Wildman–Crippen MR) is 100 cm³/mol. The van der Waals surface area contributed by atoms with Crippen LogP contribution in [-0.4, -0.2) is 34.0 Å². The van der Waals surface area contributed by atoms with Crippen LogP contribution in [0, 0.1) is 0 Å². The topological polar surface area (TPSA) is 68.5 Å². The zero-order valence-electron chi connectivity index (χ0n) is 14.5. The minimum absolute atomic E-state index is 0.00405. The molecule has 0 saturated carbocycles. The van der Waals surface area contributed by atoms with Crippen LogP contribution in [0.25, 0.3) is 0 Å². The number of piperidine rings is 1. The first-order valence-electron chi connectivity index (χ1n) is 8.80. The fourth-order valence-corrected chi connectivity index (χ4v) is 3.29. The Morgan fingerprint density at radius 3 is 2.70 bits per heavy atom. The Balaban J connectivity index is 1.44. The van der Waals surface area contributed by atoms with Gasteiger partial charge < -0.3 is 14.2 Å². The number of benzene rings is 2. The summed E-state index contributed by atoms with van der Waals surface area (Å²) < 4.78 is 11.0. The van der Waals surface area contributed by atoms with Crippen LogP contribution >= 0.6 is 11.6 Å². The number of hydrogen-bond donors (Lipinski definition) is 0. The highest BCUT2D eigenvalue weighted by Gasteiger charge is 2.29. The molecule has 1 saturated heterocycles. The fourth-order valence-electron chi connectivity index (χ4n) is 3.16. The van der Waals surface area contributed by atoms with Gasteiger partial charge in [-0.25, -0.2) is 0 Å². The molecule has 1 aliphatic heterocycles. The van der Waals surface area contributed by atoms with Crippen molar-refractivity contribution < 1.29 is 14.1 Å². The van der Waals surface area contributed by atoms with Crippen LogP contribution in [0.1, 0.15) is 35.0 Å². The quantitative estimate of drug-likeness (QED) is 0.661. The van der Waals surface area contributed by atoms with Crippen LogP contribution in [-0.2, 0) is 0 Å². The smallest absolute Gasteiger partial charge is 0.359 e. The van der Waals surface area contributed by atoms with Gasteiger partial charge in [-0.3, -0.25) is 4.79 Å². The van der Waals surface area contributed by atoms with Crippen molar-refractivity contribution in [3.8, 4) is 11.8 Å². The predicted octanol–water partition coefficient (Wildman–Crippen LogP) is 4.54. The van der Waals surface area contributed by atoms with Crippen molar-refractivity contribution in [3.63, 3.8) is 0 Å². The molecule has 1 fully saturated rings. The molecular weight excluding hydrogens is 366 g/mol. The largest absolute Gasteiger partial charge is 0.422 e. The van der Waals surface area contributed by atoms with Gasteiger partial charge in [0.05, 0.1) is 5.92 Å². The lowest BCUT2D eigenvalue weighted by Gasteiger charge is -2.31.